The van der Waals surface area contributed by atoms with Crippen LogP contribution < -0.4 is 14.8 Å². The van der Waals surface area contributed by atoms with Gasteiger partial charge in [0.1, 0.15) is 0 Å². The molecule has 1 atom stereocenters. The maximum absolute atomic E-state index is 12.2. The van der Waals surface area contributed by atoms with E-state index in [1.807, 2.05) is 24.3 Å². The van der Waals surface area contributed by atoms with Crippen molar-refractivity contribution >= 4 is 39.6 Å². The molecule has 6 nitrogen and oxygen atoms in total. The van der Waals surface area contributed by atoms with Crippen molar-refractivity contribution in [3.8, 4) is 11.5 Å². The lowest BCUT2D eigenvalue weighted by Crippen LogP contribution is -2.29. The lowest BCUT2D eigenvalue weighted by Gasteiger charge is -2.14. The van der Waals surface area contributed by atoms with Crippen molar-refractivity contribution in [1.82, 2.24) is 0 Å². The van der Waals surface area contributed by atoms with E-state index in [9.17, 15) is 9.59 Å². The van der Waals surface area contributed by atoms with E-state index in [-0.39, 0.29) is 0 Å². The standard InChI is InChI=1S/C20H20BrNO5/c1-13(27-19(23)11-6-14-4-7-15(21)8-5-14)20(24)22-16-9-10-17(25-2)18(12-16)26-3/h4-13H,1-3H3,(H,22,24)/b11-6+. The second kappa shape index (κ2) is 9.78. The number of hydrogen-bond donors (Lipinski definition) is 1. The Morgan fingerprint density at radius 3 is 2.33 bits per heavy atom. The van der Waals surface area contributed by atoms with E-state index < -0.39 is 18.0 Å². The molecule has 27 heavy (non-hydrogen) atoms. The first-order chi connectivity index (χ1) is 12.9. The number of benzene rings is 2. The normalized spacial score (nSPS) is 11.7. The first-order valence-corrected chi connectivity index (χ1v) is 8.89. The third kappa shape index (κ3) is 6.14. The quantitative estimate of drug-likeness (QED) is 0.526. The van der Waals surface area contributed by atoms with Crippen LogP contribution in [0.4, 0.5) is 5.69 Å². The van der Waals surface area contributed by atoms with Gasteiger partial charge in [0.15, 0.2) is 17.6 Å². The van der Waals surface area contributed by atoms with Gasteiger partial charge in [-0.2, -0.15) is 0 Å². The predicted molar refractivity (Wildman–Crippen MR) is 107 cm³/mol. The van der Waals surface area contributed by atoms with Crippen LogP contribution in [0.1, 0.15) is 12.5 Å². The van der Waals surface area contributed by atoms with E-state index in [1.165, 1.54) is 27.2 Å². The van der Waals surface area contributed by atoms with Crippen LogP contribution in [0.25, 0.3) is 6.08 Å². The Labute approximate surface area is 166 Å². The van der Waals surface area contributed by atoms with Crippen molar-refractivity contribution in [2.45, 2.75) is 13.0 Å². The molecule has 7 heteroatoms. The van der Waals surface area contributed by atoms with Crippen molar-refractivity contribution < 1.29 is 23.8 Å². The van der Waals surface area contributed by atoms with Gasteiger partial charge < -0.3 is 19.5 Å². The molecule has 0 spiro atoms. The van der Waals surface area contributed by atoms with Crippen LogP contribution in [-0.4, -0.2) is 32.2 Å². The summed E-state index contributed by atoms with van der Waals surface area (Å²) in [6.07, 6.45) is 1.94. The van der Waals surface area contributed by atoms with Crippen LogP contribution in [0.15, 0.2) is 53.0 Å². The van der Waals surface area contributed by atoms with E-state index in [4.69, 9.17) is 14.2 Å². The van der Waals surface area contributed by atoms with Crippen molar-refractivity contribution in [1.29, 1.82) is 0 Å². The number of nitrogens with one attached hydrogen (secondary N) is 1. The summed E-state index contributed by atoms with van der Waals surface area (Å²) in [4.78, 5) is 24.1. The Bertz CT molecular complexity index is 833. The van der Waals surface area contributed by atoms with Gasteiger partial charge in [-0.1, -0.05) is 28.1 Å². The SMILES string of the molecule is COc1ccc(NC(=O)C(C)OC(=O)/C=C/c2ccc(Br)cc2)cc1OC. The van der Waals surface area contributed by atoms with Gasteiger partial charge in [0.2, 0.25) is 0 Å². The fraction of sp³-hybridized carbons (Fsp3) is 0.200. The molecule has 0 heterocycles. The number of halogens is 1. The van der Waals surface area contributed by atoms with Crippen LogP contribution in [0, 0.1) is 0 Å². The number of anilines is 1. The summed E-state index contributed by atoms with van der Waals surface area (Å²) in [7, 11) is 3.03. The highest BCUT2D eigenvalue weighted by Crippen LogP contribution is 2.29. The van der Waals surface area contributed by atoms with Crippen LogP contribution in [0.2, 0.25) is 0 Å². The fourth-order valence-electron chi connectivity index (χ4n) is 2.16. The minimum atomic E-state index is -0.958. The number of esters is 1. The number of carbonyl (C=O) groups excluding carboxylic acids is 2. The molecule has 0 radical (unpaired) electrons. The number of rotatable bonds is 7. The van der Waals surface area contributed by atoms with Crippen molar-refractivity contribution in [3.05, 3.63) is 58.6 Å². The summed E-state index contributed by atoms with van der Waals surface area (Å²) < 4.78 is 16.4. The number of methoxy groups -OCH3 is 2. The molecular formula is C20H20BrNO5. The number of ether oxygens (including phenoxy) is 3. The molecule has 0 fully saturated rings. The Hall–Kier alpha value is -2.80. The molecule has 0 aliphatic carbocycles. The highest BCUT2D eigenvalue weighted by molar-refractivity contribution is 9.10. The number of hydrogen-bond acceptors (Lipinski definition) is 5. The number of carbonyl (C=O) groups is 2. The van der Waals surface area contributed by atoms with Crippen molar-refractivity contribution in [2.75, 3.05) is 19.5 Å². The zero-order chi connectivity index (χ0) is 19.8. The highest BCUT2D eigenvalue weighted by atomic mass is 79.9. The van der Waals surface area contributed by atoms with Gasteiger partial charge >= 0.3 is 5.97 Å². The molecule has 142 valence electrons. The smallest absolute Gasteiger partial charge is 0.331 e. The lowest BCUT2D eigenvalue weighted by molar-refractivity contribution is -0.148. The maximum Gasteiger partial charge on any atom is 0.331 e. The third-order valence-electron chi connectivity index (χ3n) is 3.60. The van der Waals surface area contributed by atoms with Gasteiger partial charge in [-0.25, -0.2) is 4.79 Å². The molecule has 0 bridgehead atoms. The number of amides is 1. The summed E-state index contributed by atoms with van der Waals surface area (Å²) in [5, 5.41) is 2.67. The molecule has 0 saturated carbocycles. The molecule has 2 aromatic rings. The van der Waals surface area contributed by atoms with E-state index in [1.54, 1.807) is 24.3 Å². The molecule has 1 N–H and O–H groups in total. The molecular weight excluding hydrogens is 414 g/mol. The second-order valence-corrected chi connectivity index (χ2v) is 6.44. The minimum Gasteiger partial charge on any atom is -0.493 e. The Morgan fingerprint density at radius 2 is 1.70 bits per heavy atom. The topological polar surface area (TPSA) is 73.9 Å². The van der Waals surface area contributed by atoms with Crippen LogP contribution in [-0.2, 0) is 14.3 Å². The Morgan fingerprint density at radius 1 is 1.04 bits per heavy atom. The van der Waals surface area contributed by atoms with Gasteiger partial charge in [0.25, 0.3) is 5.91 Å². The molecule has 0 aromatic heterocycles. The van der Waals surface area contributed by atoms with E-state index >= 15 is 0 Å². The maximum atomic E-state index is 12.2. The average molecular weight is 434 g/mol. The molecule has 0 saturated heterocycles. The summed E-state index contributed by atoms with van der Waals surface area (Å²) in [5.41, 5.74) is 1.35. The summed E-state index contributed by atoms with van der Waals surface area (Å²) in [6, 6.07) is 12.4. The Kier molecular flexibility index (Phi) is 7.43. The van der Waals surface area contributed by atoms with Crippen LogP contribution >= 0.6 is 15.9 Å². The van der Waals surface area contributed by atoms with Gasteiger partial charge in [0, 0.05) is 22.3 Å². The zero-order valence-corrected chi connectivity index (χ0v) is 16.8. The monoisotopic (exact) mass is 433 g/mol. The summed E-state index contributed by atoms with van der Waals surface area (Å²) >= 11 is 3.34. The largest absolute Gasteiger partial charge is 0.493 e. The van der Waals surface area contributed by atoms with E-state index in [2.05, 4.69) is 21.2 Å². The molecule has 0 aliphatic rings. The fourth-order valence-corrected chi connectivity index (χ4v) is 2.43. The van der Waals surface area contributed by atoms with E-state index in [0.29, 0.717) is 17.2 Å². The lowest BCUT2D eigenvalue weighted by atomic mass is 10.2. The molecule has 1 unspecified atom stereocenters. The predicted octanol–water partition coefficient (Wildman–Crippen LogP) is 4.05. The van der Waals surface area contributed by atoms with Gasteiger partial charge in [-0.3, -0.25) is 4.79 Å². The molecule has 1 amide bonds. The minimum absolute atomic E-state index is 0.451. The van der Waals surface area contributed by atoms with Crippen LogP contribution in [0.3, 0.4) is 0 Å². The Balaban J connectivity index is 1.92. The highest BCUT2D eigenvalue weighted by Gasteiger charge is 2.17. The first kappa shape index (κ1) is 20.5. The molecule has 2 aromatic carbocycles. The third-order valence-corrected chi connectivity index (χ3v) is 4.12. The van der Waals surface area contributed by atoms with Gasteiger partial charge in [-0.15, -0.1) is 0 Å². The van der Waals surface area contributed by atoms with Crippen LogP contribution in [0.5, 0.6) is 11.5 Å². The average Bonchev–Trinajstić information content (AvgIpc) is 2.67. The zero-order valence-electron chi connectivity index (χ0n) is 15.2. The van der Waals surface area contributed by atoms with Gasteiger partial charge in [-0.05, 0) is 42.8 Å². The van der Waals surface area contributed by atoms with Crippen molar-refractivity contribution in [3.63, 3.8) is 0 Å². The van der Waals surface area contributed by atoms with Gasteiger partial charge in [0.05, 0.1) is 14.2 Å². The summed E-state index contributed by atoms with van der Waals surface area (Å²) in [5.74, 6) is -0.0223. The second-order valence-electron chi connectivity index (χ2n) is 5.52. The first-order valence-electron chi connectivity index (χ1n) is 8.10. The summed E-state index contributed by atoms with van der Waals surface area (Å²) in [6.45, 7) is 1.50. The molecule has 2 rings (SSSR count). The molecule has 0 aliphatic heterocycles. The van der Waals surface area contributed by atoms with E-state index in [0.717, 1.165) is 10.0 Å². The van der Waals surface area contributed by atoms with Crippen molar-refractivity contribution in [2.24, 2.45) is 0 Å².